The second kappa shape index (κ2) is 4.84. The summed E-state index contributed by atoms with van der Waals surface area (Å²) in [5.41, 5.74) is 5.73. The van der Waals surface area contributed by atoms with Gasteiger partial charge in [0, 0.05) is 29.9 Å². The second-order valence-corrected chi connectivity index (χ2v) is 5.08. The average molecular weight is 292 g/mol. The summed E-state index contributed by atoms with van der Waals surface area (Å²) in [6.45, 7) is 0.549. The lowest BCUT2D eigenvalue weighted by molar-refractivity contribution is -0.132. The number of aliphatic imine (C=N–C) groups is 2. The lowest BCUT2D eigenvalue weighted by atomic mass is 10.0. The first-order valence-corrected chi connectivity index (χ1v) is 6.90. The third kappa shape index (κ3) is 1.92. The van der Waals surface area contributed by atoms with Crippen LogP contribution in [0, 0.1) is 0 Å². The van der Waals surface area contributed by atoms with Crippen molar-refractivity contribution in [3.05, 3.63) is 53.1 Å². The molecule has 0 radical (unpaired) electrons. The fourth-order valence-corrected chi connectivity index (χ4v) is 2.71. The minimum atomic E-state index is -0.402. The van der Waals surface area contributed by atoms with Crippen molar-refractivity contribution in [3.8, 4) is 0 Å². The first-order chi connectivity index (χ1) is 10.8. The van der Waals surface area contributed by atoms with Gasteiger partial charge < -0.3 is 4.74 Å². The van der Waals surface area contributed by atoms with Gasteiger partial charge >= 0.3 is 5.97 Å². The molecule has 0 unspecified atom stereocenters. The predicted octanol–water partition coefficient (Wildman–Crippen LogP) is 1.63. The number of rotatable bonds is 2. The van der Waals surface area contributed by atoms with Gasteiger partial charge in [-0.2, -0.15) is 0 Å². The molecule has 6 heteroatoms. The van der Waals surface area contributed by atoms with Gasteiger partial charge in [-0.05, 0) is 18.2 Å². The van der Waals surface area contributed by atoms with E-state index in [-0.39, 0.29) is 0 Å². The van der Waals surface area contributed by atoms with E-state index < -0.39 is 5.97 Å². The molecule has 0 spiro atoms. The number of hydrogen-bond acceptors (Lipinski definition) is 6. The van der Waals surface area contributed by atoms with Gasteiger partial charge in [0.05, 0.1) is 36.4 Å². The van der Waals surface area contributed by atoms with E-state index in [0.29, 0.717) is 18.7 Å². The molecule has 22 heavy (non-hydrogen) atoms. The number of esters is 1. The molecule has 6 nitrogen and oxygen atoms in total. The number of nitrogens with zero attached hydrogens (tertiary/aromatic N) is 4. The van der Waals surface area contributed by atoms with Gasteiger partial charge in [-0.1, -0.05) is 0 Å². The van der Waals surface area contributed by atoms with Gasteiger partial charge in [0.1, 0.15) is 5.71 Å². The lowest BCUT2D eigenvalue weighted by Gasteiger charge is -2.05. The molecule has 0 atom stereocenters. The predicted molar refractivity (Wildman–Crippen MR) is 80.6 cm³/mol. The van der Waals surface area contributed by atoms with Crippen LogP contribution in [0.1, 0.15) is 22.5 Å². The van der Waals surface area contributed by atoms with Crippen LogP contribution in [0.5, 0.6) is 0 Å². The van der Waals surface area contributed by atoms with Crippen LogP contribution in [-0.2, 0) is 22.5 Å². The van der Waals surface area contributed by atoms with E-state index >= 15 is 0 Å². The molecular weight excluding hydrogens is 280 g/mol. The summed E-state index contributed by atoms with van der Waals surface area (Å²) in [4.78, 5) is 29.2. The second-order valence-electron chi connectivity index (χ2n) is 5.08. The lowest BCUT2D eigenvalue weighted by Crippen LogP contribution is -2.15. The quantitative estimate of drug-likeness (QED) is 0.788. The molecule has 2 aromatic rings. The molecule has 0 aromatic carbocycles. The van der Waals surface area contributed by atoms with Gasteiger partial charge in [-0.3, -0.25) is 15.0 Å². The Morgan fingerprint density at radius 2 is 2.05 bits per heavy atom. The maximum absolute atomic E-state index is 11.6. The minimum Gasteiger partial charge on any atom is -0.465 e. The standard InChI is InChI=1S/C16H12N4O2/c1-22-16(21)13-7-12-11(19-13)6-10-14(20-12)8-18-15(10)9-2-4-17-5-3-9/h2-6H,7-8H2,1H3. The molecule has 0 saturated heterocycles. The first kappa shape index (κ1) is 12.8. The van der Waals surface area contributed by atoms with Gasteiger partial charge in [-0.15, -0.1) is 0 Å². The monoisotopic (exact) mass is 292 g/mol. The van der Waals surface area contributed by atoms with E-state index in [1.165, 1.54) is 7.11 Å². The number of fused-ring (bicyclic) bond motifs is 2. The Morgan fingerprint density at radius 3 is 2.82 bits per heavy atom. The molecule has 0 fully saturated rings. The zero-order chi connectivity index (χ0) is 15.1. The molecule has 0 N–H and O–H groups in total. The smallest absolute Gasteiger partial charge is 0.352 e. The average Bonchev–Trinajstić information content (AvgIpc) is 3.15. The van der Waals surface area contributed by atoms with E-state index in [1.807, 2.05) is 18.2 Å². The molecule has 0 saturated carbocycles. The number of pyridine rings is 2. The maximum atomic E-state index is 11.6. The van der Waals surface area contributed by atoms with Crippen LogP contribution >= 0.6 is 0 Å². The van der Waals surface area contributed by atoms with Gasteiger partial charge in [0.15, 0.2) is 0 Å². The molecule has 0 amide bonds. The normalized spacial score (nSPS) is 15.0. The van der Waals surface area contributed by atoms with Crippen molar-refractivity contribution < 1.29 is 9.53 Å². The Morgan fingerprint density at radius 1 is 1.23 bits per heavy atom. The van der Waals surface area contributed by atoms with Gasteiger partial charge in [0.2, 0.25) is 0 Å². The van der Waals surface area contributed by atoms with Gasteiger partial charge in [-0.25, -0.2) is 9.79 Å². The van der Waals surface area contributed by atoms with Crippen LogP contribution < -0.4 is 0 Å². The molecule has 2 aliphatic heterocycles. The van der Waals surface area contributed by atoms with Crippen LogP contribution in [0.4, 0.5) is 5.69 Å². The van der Waals surface area contributed by atoms with Crippen molar-refractivity contribution in [2.45, 2.75) is 13.0 Å². The van der Waals surface area contributed by atoms with E-state index in [0.717, 1.165) is 33.9 Å². The number of aromatic nitrogens is 2. The van der Waals surface area contributed by atoms with Crippen molar-refractivity contribution >= 4 is 23.1 Å². The summed E-state index contributed by atoms with van der Waals surface area (Å²) in [7, 11) is 1.36. The number of methoxy groups -OCH3 is 1. The van der Waals surface area contributed by atoms with Crippen LogP contribution in [0.3, 0.4) is 0 Å². The summed E-state index contributed by atoms with van der Waals surface area (Å²) < 4.78 is 4.73. The molecule has 0 aliphatic carbocycles. The van der Waals surface area contributed by atoms with Gasteiger partial charge in [0.25, 0.3) is 0 Å². The summed E-state index contributed by atoms with van der Waals surface area (Å²) in [6, 6.07) is 5.80. The fraction of sp³-hybridized carbons (Fsp3) is 0.188. The van der Waals surface area contributed by atoms with Crippen molar-refractivity contribution in [2.75, 3.05) is 7.11 Å². The highest BCUT2D eigenvalue weighted by atomic mass is 16.5. The number of ether oxygens (including phenoxy) is 1. The summed E-state index contributed by atoms with van der Waals surface area (Å²) >= 11 is 0. The Kier molecular flexibility index (Phi) is 2.82. The topological polar surface area (TPSA) is 76.8 Å². The highest BCUT2D eigenvalue weighted by molar-refractivity contribution is 6.38. The molecule has 2 aliphatic rings. The van der Waals surface area contributed by atoms with Crippen LogP contribution in [0.2, 0.25) is 0 Å². The highest BCUT2D eigenvalue weighted by Gasteiger charge is 2.27. The molecule has 2 aromatic heterocycles. The maximum Gasteiger partial charge on any atom is 0.352 e. The van der Waals surface area contributed by atoms with Crippen LogP contribution in [-0.4, -0.2) is 34.5 Å². The van der Waals surface area contributed by atoms with E-state index in [1.54, 1.807) is 12.4 Å². The molecule has 4 heterocycles. The summed E-state index contributed by atoms with van der Waals surface area (Å²) in [5, 5.41) is 0. The summed E-state index contributed by atoms with van der Waals surface area (Å²) in [5.74, 6) is -0.402. The third-order valence-electron chi connectivity index (χ3n) is 3.76. The van der Waals surface area contributed by atoms with Crippen molar-refractivity contribution in [2.24, 2.45) is 9.98 Å². The van der Waals surface area contributed by atoms with Crippen molar-refractivity contribution in [1.82, 2.24) is 9.97 Å². The zero-order valence-electron chi connectivity index (χ0n) is 11.9. The minimum absolute atomic E-state index is 0.399. The molecule has 108 valence electrons. The Balaban J connectivity index is 1.76. The Labute approximate surface area is 126 Å². The van der Waals surface area contributed by atoms with E-state index in [2.05, 4.69) is 20.0 Å². The SMILES string of the molecule is COC(=O)C1=Nc2cc3c(nc2C1)CN=C3c1ccncc1. The zero-order valence-corrected chi connectivity index (χ0v) is 11.9. The molecular formula is C16H12N4O2. The van der Waals surface area contributed by atoms with Crippen molar-refractivity contribution in [3.63, 3.8) is 0 Å². The fourth-order valence-electron chi connectivity index (χ4n) is 2.71. The highest BCUT2D eigenvalue weighted by Crippen LogP contribution is 2.31. The number of hydrogen-bond donors (Lipinski definition) is 0. The Hall–Kier alpha value is -2.89. The third-order valence-corrected chi connectivity index (χ3v) is 3.76. The van der Waals surface area contributed by atoms with Crippen LogP contribution in [0.15, 0.2) is 40.6 Å². The van der Waals surface area contributed by atoms with E-state index in [9.17, 15) is 4.79 Å². The molecule has 4 rings (SSSR count). The Bertz CT molecular complexity index is 841. The first-order valence-electron chi connectivity index (χ1n) is 6.90. The largest absolute Gasteiger partial charge is 0.465 e. The molecule has 0 bridgehead atoms. The summed E-state index contributed by atoms with van der Waals surface area (Å²) in [6.07, 6.45) is 3.90. The van der Waals surface area contributed by atoms with Crippen molar-refractivity contribution in [1.29, 1.82) is 0 Å². The van der Waals surface area contributed by atoms with Crippen LogP contribution in [0.25, 0.3) is 0 Å². The van der Waals surface area contributed by atoms with E-state index in [4.69, 9.17) is 4.74 Å². The number of carbonyl (C=O) groups is 1. The number of carbonyl (C=O) groups excluding carboxylic acids is 1.